The molecule has 4 rings (SSSR count). The van der Waals surface area contributed by atoms with Crippen molar-refractivity contribution in [2.45, 2.75) is 30.1 Å². The van der Waals surface area contributed by atoms with E-state index in [-0.39, 0.29) is 25.1 Å². The normalized spacial score (nSPS) is 25.0. The summed E-state index contributed by atoms with van der Waals surface area (Å²) in [6.45, 7) is 0.481. The highest BCUT2D eigenvalue weighted by atomic mass is 32.2. The quantitative estimate of drug-likeness (QED) is 0.522. The number of piperidine rings is 1. The highest BCUT2D eigenvalue weighted by Gasteiger charge is 2.42. The van der Waals surface area contributed by atoms with Crippen LogP contribution in [0.25, 0.3) is 0 Å². The zero-order valence-corrected chi connectivity index (χ0v) is 17.5. The predicted molar refractivity (Wildman–Crippen MR) is 106 cm³/mol. The maximum atomic E-state index is 15.0. The molecule has 11 heteroatoms. The van der Waals surface area contributed by atoms with Gasteiger partial charge in [0.15, 0.2) is 0 Å². The SMILES string of the molecule is C[S+]([O-])c1cc(N2CC[C@H](C(=O)N3OCC[C@H]3c3cc(F)cc(F)c3)[C@H](F)C2)ncn1. The maximum Gasteiger partial charge on any atom is 0.252 e. The van der Waals surface area contributed by atoms with Gasteiger partial charge in [0, 0.05) is 30.2 Å². The van der Waals surface area contributed by atoms with Gasteiger partial charge in [-0.2, -0.15) is 4.98 Å². The molecule has 2 aromatic rings. The largest absolute Gasteiger partial charge is 0.610 e. The molecule has 3 heterocycles. The molecule has 1 aromatic heterocycles. The van der Waals surface area contributed by atoms with E-state index in [4.69, 9.17) is 4.84 Å². The van der Waals surface area contributed by atoms with E-state index in [0.29, 0.717) is 23.8 Å². The molecule has 4 atom stereocenters. The van der Waals surface area contributed by atoms with Crippen LogP contribution >= 0.6 is 0 Å². The lowest BCUT2D eigenvalue weighted by Gasteiger charge is -2.36. The van der Waals surface area contributed by atoms with E-state index in [2.05, 4.69) is 9.97 Å². The van der Waals surface area contributed by atoms with E-state index in [9.17, 15) is 18.1 Å². The van der Waals surface area contributed by atoms with Crippen molar-refractivity contribution in [2.24, 2.45) is 5.92 Å². The van der Waals surface area contributed by atoms with Crippen molar-refractivity contribution in [1.29, 1.82) is 0 Å². The summed E-state index contributed by atoms with van der Waals surface area (Å²) in [6.07, 6.45) is 1.84. The number of hydrogen-bond acceptors (Lipinski definition) is 6. The molecule has 2 aliphatic rings. The lowest BCUT2D eigenvalue weighted by Crippen LogP contribution is -2.49. The number of alkyl halides is 1. The van der Waals surface area contributed by atoms with E-state index >= 15 is 4.39 Å². The number of aromatic nitrogens is 2. The first-order valence-electron chi connectivity index (χ1n) is 9.80. The molecule has 1 amide bonds. The van der Waals surface area contributed by atoms with E-state index in [1.807, 2.05) is 0 Å². The number of hydroxylamine groups is 2. The minimum Gasteiger partial charge on any atom is -0.610 e. The summed E-state index contributed by atoms with van der Waals surface area (Å²) < 4.78 is 53.9. The Kier molecular flexibility index (Phi) is 6.35. The number of carbonyl (C=O) groups is 1. The smallest absolute Gasteiger partial charge is 0.252 e. The second-order valence-electron chi connectivity index (χ2n) is 7.53. The average Bonchev–Trinajstić information content (AvgIpc) is 3.22. The number of hydrogen-bond donors (Lipinski definition) is 0. The molecular weight excluding hydrogens is 433 g/mol. The van der Waals surface area contributed by atoms with Crippen LogP contribution in [-0.4, -0.2) is 57.6 Å². The third-order valence-corrected chi connectivity index (χ3v) is 6.31. The van der Waals surface area contributed by atoms with Crippen LogP contribution in [-0.2, 0) is 20.8 Å². The Morgan fingerprint density at radius 2 is 1.94 bits per heavy atom. The number of amides is 1. The molecular formula is C20H21F3N4O3S. The summed E-state index contributed by atoms with van der Waals surface area (Å²) in [6, 6.07) is 3.94. The molecule has 166 valence electrons. The summed E-state index contributed by atoms with van der Waals surface area (Å²) in [5.41, 5.74) is 0.275. The Morgan fingerprint density at radius 1 is 1.19 bits per heavy atom. The summed E-state index contributed by atoms with van der Waals surface area (Å²) in [7, 11) is 0. The van der Waals surface area contributed by atoms with Crippen LogP contribution in [0.1, 0.15) is 24.4 Å². The molecule has 0 bridgehead atoms. The summed E-state index contributed by atoms with van der Waals surface area (Å²) >= 11 is -1.30. The topological polar surface area (TPSA) is 81.6 Å². The monoisotopic (exact) mass is 454 g/mol. The third kappa shape index (κ3) is 4.63. The molecule has 31 heavy (non-hydrogen) atoms. The van der Waals surface area contributed by atoms with E-state index in [1.165, 1.54) is 12.6 Å². The van der Waals surface area contributed by atoms with Crippen LogP contribution in [0.15, 0.2) is 35.6 Å². The number of rotatable bonds is 4. The molecule has 0 N–H and O–H groups in total. The lowest BCUT2D eigenvalue weighted by atomic mass is 9.93. The molecule has 7 nitrogen and oxygen atoms in total. The van der Waals surface area contributed by atoms with Crippen LogP contribution in [0.2, 0.25) is 0 Å². The van der Waals surface area contributed by atoms with Crippen molar-refractivity contribution >= 4 is 22.9 Å². The first kappa shape index (κ1) is 21.8. The number of carbonyl (C=O) groups excluding carboxylic acids is 1. The van der Waals surface area contributed by atoms with Crippen LogP contribution in [0, 0.1) is 17.6 Å². The Balaban J connectivity index is 1.47. The highest BCUT2D eigenvalue weighted by Crippen LogP contribution is 2.35. The number of halogens is 3. The molecule has 0 radical (unpaired) electrons. The summed E-state index contributed by atoms with van der Waals surface area (Å²) in [5, 5.41) is 1.40. The van der Waals surface area contributed by atoms with Gasteiger partial charge in [-0.05, 0) is 24.1 Å². The van der Waals surface area contributed by atoms with Crippen molar-refractivity contribution in [2.75, 3.05) is 30.9 Å². The fourth-order valence-electron chi connectivity index (χ4n) is 3.97. The van der Waals surface area contributed by atoms with E-state index in [0.717, 1.165) is 23.3 Å². The van der Waals surface area contributed by atoms with Gasteiger partial charge >= 0.3 is 0 Å². The minimum absolute atomic E-state index is 0.0731. The van der Waals surface area contributed by atoms with Crippen molar-refractivity contribution in [3.8, 4) is 0 Å². The first-order chi connectivity index (χ1) is 14.8. The Bertz CT molecular complexity index is 947. The van der Waals surface area contributed by atoms with Crippen LogP contribution in [0.3, 0.4) is 0 Å². The number of nitrogens with zero attached hydrogens (tertiary/aromatic N) is 4. The van der Waals surface area contributed by atoms with Crippen LogP contribution < -0.4 is 4.90 Å². The van der Waals surface area contributed by atoms with Crippen molar-refractivity contribution in [1.82, 2.24) is 15.0 Å². The lowest BCUT2D eigenvalue weighted by molar-refractivity contribution is -0.184. The molecule has 2 saturated heterocycles. The average molecular weight is 454 g/mol. The maximum absolute atomic E-state index is 15.0. The van der Waals surface area contributed by atoms with Gasteiger partial charge in [0.25, 0.3) is 5.91 Å². The second kappa shape index (κ2) is 9.01. The summed E-state index contributed by atoms with van der Waals surface area (Å²) in [5.74, 6) is -2.54. The van der Waals surface area contributed by atoms with Gasteiger partial charge in [-0.25, -0.2) is 23.2 Å². The van der Waals surface area contributed by atoms with Gasteiger partial charge in [0.05, 0.1) is 31.2 Å². The van der Waals surface area contributed by atoms with Gasteiger partial charge in [0.1, 0.15) is 36.2 Å². The number of benzene rings is 1. The second-order valence-corrected chi connectivity index (χ2v) is 8.86. The Labute approximate surface area is 180 Å². The highest BCUT2D eigenvalue weighted by molar-refractivity contribution is 7.90. The van der Waals surface area contributed by atoms with E-state index in [1.54, 1.807) is 11.0 Å². The zero-order valence-electron chi connectivity index (χ0n) is 16.7. The fourth-order valence-corrected chi connectivity index (χ4v) is 4.44. The zero-order chi connectivity index (χ0) is 22.1. The van der Waals surface area contributed by atoms with Gasteiger partial charge in [-0.1, -0.05) is 0 Å². The van der Waals surface area contributed by atoms with Gasteiger partial charge < -0.3 is 9.45 Å². The molecule has 2 aliphatic heterocycles. The molecule has 0 spiro atoms. The van der Waals surface area contributed by atoms with Crippen LogP contribution in [0.4, 0.5) is 19.0 Å². The first-order valence-corrected chi connectivity index (χ1v) is 11.4. The molecule has 1 aromatic carbocycles. The molecule has 0 saturated carbocycles. The van der Waals surface area contributed by atoms with Gasteiger partial charge in [-0.15, -0.1) is 0 Å². The van der Waals surface area contributed by atoms with Crippen LogP contribution in [0.5, 0.6) is 0 Å². The Morgan fingerprint density at radius 3 is 2.61 bits per heavy atom. The summed E-state index contributed by atoms with van der Waals surface area (Å²) in [4.78, 5) is 28.2. The van der Waals surface area contributed by atoms with E-state index < -0.39 is 46.8 Å². The minimum atomic E-state index is -1.50. The van der Waals surface area contributed by atoms with Gasteiger partial charge in [-0.3, -0.25) is 9.63 Å². The van der Waals surface area contributed by atoms with Crippen molar-refractivity contribution < 1.29 is 27.4 Å². The Hall–Kier alpha value is -2.37. The standard InChI is InChI=1S/C20H21F3N4O3S/c1-31(29)19-9-18(24-11-25-19)26-4-2-15(16(23)10-26)20(28)27-17(3-5-30-27)12-6-13(21)8-14(22)7-12/h6-9,11,15-17H,2-5,10H2,1H3/t15-,16+,17-,31?/m0/s1. The van der Waals surface area contributed by atoms with Crippen molar-refractivity contribution in [3.05, 3.63) is 47.8 Å². The van der Waals surface area contributed by atoms with Gasteiger partial charge in [0.2, 0.25) is 5.03 Å². The fraction of sp³-hybridized carbons (Fsp3) is 0.450. The van der Waals surface area contributed by atoms with Crippen molar-refractivity contribution in [3.63, 3.8) is 0 Å². The third-order valence-electron chi connectivity index (χ3n) is 5.50. The predicted octanol–water partition coefficient (Wildman–Crippen LogP) is 2.56. The number of anilines is 1. The molecule has 0 aliphatic carbocycles. The molecule has 2 fully saturated rings. The molecule has 1 unspecified atom stereocenters.